The Labute approximate surface area is 200 Å². The van der Waals surface area contributed by atoms with Crippen LogP contribution in [0.4, 0.5) is 0 Å². The van der Waals surface area contributed by atoms with E-state index in [9.17, 15) is 10.2 Å². The van der Waals surface area contributed by atoms with E-state index < -0.39 is 12.6 Å². The van der Waals surface area contributed by atoms with Crippen molar-refractivity contribution in [2.45, 2.75) is 181 Å². The van der Waals surface area contributed by atoms with Crippen molar-refractivity contribution in [1.29, 1.82) is 0 Å². The Morgan fingerprint density at radius 3 is 0.844 bits per heavy atom. The summed E-state index contributed by atoms with van der Waals surface area (Å²) in [6, 6.07) is 0. The second-order valence-electron chi connectivity index (χ2n) is 9.75. The molecule has 4 nitrogen and oxygen atoms in total. The first-order valence-corrected chi connectivity index (χ1v) is 14.4. The molecule has 32 heavy (non-hydrogen) atoms. The zero-order chi connectivity index (χ0) is 23.5. The number of aliphatic hydroxyl groups excluding tert-OH is 2. The first-order valence-electron chi connectivity index (χ1n) is 14.4. The molecule has 2 N–H and O–H groups in total. The van der Waals surface area contributed by atoms with Gasteiger partial charge in [0.25, 0.3) is 0 Å². The van der Waals surface area contributed by atoms with Crippen molar-refractivity contribution in [1.82, 2.24) is 0 Å². The highest BCUT2D eigenvalue weighted by molar-refractivity contribution is 4.51. The number of aliphatic hydroxyl groups is 2. The molecule has 4 heteroatoms. The van der Waals surface area contributed by atoms with E-state index in [1.807, 2.05) is 0 Å². The van der Waals surface area contributed by atoms with Crippen LogP contribution in [0.15, 0.2) is 0 Å². The van der Waals surface area contributed by atoms with Crippen LogP contribution in [0.2, 0.25) is 0 Å². The van der Waals surface area contributed by atoms with Gasteiger partial charge in [0.2, 0.25) is 0 Å². The van der Waals surface area contributed by atoms with Crippen LogP contribution in [0.1, 0.15) is 168 Å². The molecule has 2 atom stereocenters. The van der Waals surface area contributed by atoms with Gasteiger partial charge in [-0.15, -0.1) is 0 Å². The number of hydrogen-bond acceptors (Lipinski definition) is 4. The molecule has 0 saturated carbocycles. The molecule has 0 spiro atoms. The van der Waals surface area contributed by atoms with Gasteiger partial charge >= 0.3 is 0 Å². The topological polar surface area (TPSA) is 58.9 Å². The highest BCUT2D eigenvalue weighted by atomic mass is 17.2. The van der Waals surface area contributed by atoms with Gasteiger partial charge in [-0.3, -0.25) is 0 Å². The minimum atomic E-state index is -0.930. The molecule has 0 bridgehead atoms. The van der Waals surface area contributed by atoms with Crippen LogP contribution < -0.4 is 0 Å². The lowest BCUT2D eigenvalue weighted by atomic mass is 10.1. The van der Waals surface area contributed by atoms with E-state index in [0.717, 1.165) is 25.7 Å². The smallest absolute Gasteiger partial charge is 0.188 e. The van der Waals surface area contributed by atoms with Crippen molar-refractivity contribution in [3.8, 4) is 0 Å². The quantitative estimate of drug-likeness (QED) is 0.0558. The fourth-order valence-electron chi connectivity index (χ4n) is 4.19. The highest BCUT2D eigenvalue weighted by Gasteiger charge is 2.10. The third-order valence-corrected chi connectivity index (χ3v) is 6.39. The van der Waals surface area contributed by atoms with Gasteiger partial charge in [0, 0.05) is 12.8 Å². The molecule has 0 aliphatic rings. The van der Waals surface area contributed by atoms with Crippen LogP contribution >= 0.6 is 0 Å². The molecule has 0 fully saturated rings. The minimum Gasteiger partial charge on any atom is -0.366 e. The Bertz CT molecular complexity index is 305. The average molecular weight is 459 g/mol. The van der Waals surface area contributed by atoms with Gasteiger partial charge < -0.3 is 10.2 Å². The first kappa shape index (κ1) is 31.8. The van der Waals surface area contributed by atoms with E-state index in [2.05, 4.69) is 13.8 Å². The molecule has 0 rings (SSSR count). The van der Waals surface area contributed by atoms with E-state index in [0.29, 0.717) is 12.8 Å². The van der Waals surface area contributed by atoms with Gasteiger partial charge in [0.05, 0.1) is 0 Å². The minimum absolute atomic E-state index is 0.572. The van der Waals surface area contributed by atoms with Gasteiger partial charge in [-0.05, 0) is 12.8 Å². The molecule has 0 saturated heterocycles. The molecule has 0 amide bonds. The molecule has 2 unspecified atom stereocenters. The second-order valence-corrected chi connectivity index (χ2v) is 9.75. The molecule has 0 radical (unpaired) electrons. The molecule has 0 aromatic carbocycles. The van der Waals surface area contributed by atoms with Crippen molar-refractivity contribution in [3.05, 3.63) is 0 Å². The summed E-state index contributed by atoms with van der Waals surface area (Å²) in [6.45, 7) is 4.52. The summed E-state index contributed by atoms with van der Waals surface area (Å²) < 4.78 is 0. The first-order chi connectivity index (χ1) is 15.7. The largest absolute Gasteiger partial charge is 0.366 e. The van der Waals surface area contributed by atoms with E-state index in [1.165, 1.54) is 116 Å². The fourth-order valence-corrected chi connectivity index (χ4v) is 4.19. The Kier molecular flexibility index (Phi) is 27.0. The lowest BCUT2D eigenvalue weighted by Crippen LogP contribution is -2.19. The Hall–Kier alpha value is -0.160. The van der Waals surface area contributed by atoms with Crippen LogP contribution in [0.25, 0.3) is 0 Å². The summed E-state index contributed by atoms with van der Waals surface area (Å²) in [7, 11) is 0. The molecular formula is C28H58O4. The van der Waals surface area contributed by atoms with E-state index in [-0.39, 0.29) is 0 Å². The normalized spacial score (nSPS) is 13.5. The van der Waals surface area contributed by atoms with Gasteiger partial charge in [-0.1, -0.05) is 142 Å². The van der Waals surface area contributed by atoms with Crippen LogP contribution in [0, 0.1) is 0 Å². The Morgan fingerprint density at radius 2 is 0.594 bits per heavy atom. The van der Waals surface area contributed by atoms with Crippen LogP contribution in [-0.4, -0.2) is 22.8 Å². The molecule has 0 aromatic rings. The summed E-state index contributed by atoms with van der Waals surface area (Å²) in [5.74, 6) is 0. The van der Waals surface area contributed by atoms with Crippen LogP contribution in [0.5, 0.6) is 0 Å². The average Bonchev–Trinajstić information content (AvgIpc) is 2.79. The van der Waals surface area contributed by atoms with Crippen molar-refractivity contribution in [2.24, 2.45) is 0 Å². The maximum absolute atomic E-state index is 9.84. The lowest BCUT2D eigenvalue weighted by Gasteiger charge is -2.14. The maximum Gasteiger partial charge on any atom is 0.188 e. The molecule has 0 aromatic heterocycles. The third-order valence-electron chi connectivity index (χ3n) is 6.39. The SMILES string of the molecule is CCCCCCCCCCCCCC(O)OOC(O)CCCCCCCCCCCCC. The molecule has 0 heterocycles. The van der Waals surface area contributed by atoms with Gasteiger partial charge in [0.1, 0.15) is 0 Å². The van der Waals surface area contributed by atoms with Gasteiger partial charge in [0.15, 0.2) is 12.6 Å². The number of unbranched alkanes of at least 4 members (excludes halogenated alkanes) is 20. The van der Waals surface area contributed by atoms with Gasteiger partial charge in [-0.2, -0.15) is 0 Å². The fraction of sp³-hybridized carbons (Fsp3) is 1.00. The Balaban J connectivity index is 3.28. The summed E-state index contributed by atoms with van der Waals surface area (Å²) in [4.78, 5) is 9.90. The zero-order valence-electron chi connectivity index (χ0n) is 21.8. The highest BCUT2D eigenvalue weighted by Crippen LogP contribution is 2.15. The maximum atomic E-state index is 9.84. The van der Waals surface area contributed by atoms with Crippen molar-refractivity contribution >= 4 is 0 Å². The summed E-state index contributed by atoms with van der Waals surface area (Å²) in [5.41, 5.74) is 0. The molecule has 0 aliphatic carbocycles. The summed E-state index contributed by atoms with van der Waals surface area (Å²) in [6.07, 6.45) is 27.6. The molecule has 194 valence electrons. The van der Waals surface area contributed by atoms with Crippen LogP contribution in [0.3, 0.4) is 0 Å². The summed E-state index contributed by atoms with van der Waals surface area (Å²) in [5, 5.41) is 19.7. The zero-order valence-corrected chi connectivity index (χ0v) is 21.8. The third kappa shape index (κ3) is 26.1. The van der Waals surface area contributed by atoms with Crippen molar-refractivity contribution < 1.29 is 20.0 Å². The molecule has 0 aliphatic heterocycles. The van der Waals surface area contributed by atoms with Gasteiger partial charge in [-0.25, -0.2) is 9.78 Å². The predicted molar refractivity (Wildman–Crippen MR) is 136 cm³/mol. The van der Waals surface area contributed by atoms with E-state index >= 15 is 0 Å². The number of hydrogen-bond donors (Lipinski definition) is 2. The van der Waals surface area contributed by atoms with Crippen molar-refractivity contribution in [2.75, 3.05) is 0 Å². The standard InChI is InChI=1S/C28H58O4/c1-3-5-7-9-11-13-15-17-19-21-23-25-27(29)31-32-28(30)26-24-22-20-18-16-14-12-10-8-6-4-2/h27-30H,3-26H2,1-2H3. The monoisotopic (exact) mass is 458 g/mol. The Morgan fingerprint density at radius 1 is 0.375 bits per heavy atom. The van der Waals surface area contributed by atoms with Crippen molar-refractivity contribution in [3.63, 3.8) is 0 Å². The predicted octanol–water partition coefficient (Wildman–Crippen LogP) is 8.97. The second kappa shape index (κ2) is 27.1. The molecular weight excluding hydrogens is 400 g/mol. The van der Waals surface area contributed by atoms with Crippen LogP contribution in [-0.2, 0) is 9.78 Å². The number of rotatable bonds is 27. The lowest BCUT2D eigenvalue weighted by molar-refractivity contribution is -0.424. The summed E-state index contributed by atoms with van der Waals surface area (Å²) >= 11 is 0. The van der Waals surface area contributed by atoms with E-state index in [1.54, 1.807) is 0 Å². The van der Waals surface area contributed by atoms with E-state index in [4.69, 9.17) is 9.78 Å².